The van der Waals surface area contributed by atoms with Crippen molar-refractivity contribution in [3.8, 4) is 11.5 Å². The Hall–Kier alpha value is -3.42. The maximum Gasteiger partial charge on any atom is 0.207 e. The zero-order valence-electron chi connectivity index (χ0n) is 19.4. The zero-order chi connectivity index (χ0) is 24.7. The first kappa shape index (κ1) is 23.3. The molecule has 5 rings (SSSR count). The highest BCUT2D eigenvalue weighted by Crippen LogP contribution is 2.46. The highest BCUT2D eigenvalue weighted by molar-refractivity contribution is 7.95. The van der Waals surface area contributed by atoms with Gasteiger partial charge in [-0.15, -0.1) is 0 Å². The van der Waals surface area contributed by atoms with Crippen molar-refractivity contribution in [3.05, 3.63) is 105 Å². The van der Waals surface area contributed by atoms with E-state index in [9.17, 15) is 8.42 Å². The van der Waals surface area contributed by atoms with E-state index in [1.165, 1.54) is 6.07 Å². The second-order valence-corrected chi connectivity index (χ2v) is 10.8. The quantitative estimate of drug-likeness (QED) is 0.525. The average molecular weight is 509 g/mol. The first-order valence-electron chi connectivity index (χ1n) is 11.1. The summed E-state index contributed by atoms with van der Waals surface area (Å²) in [6, 6.07) is 19.7. The Morgan fingerprint density at radius 2 is 1.69 bits per heavy atom. The van der Waals surface area contributed by atoms with Gasteiger partial charge in [0.15, 0.2) is 11.5 Å². The largest absolute Gasteiger partial charge is 0.493 e. The SMILES string of the molecule is COc1cc2c(cc1OC)C1=C[C@@H](c3ccccc3)C(S(=O)(=O)c3cccc(Cl)c3)=C(N)N1CC2. The third kappa shape index (κ3) is 3.94. The van der Waals surface area contributed by atoms with Crippen molar-refractivity contribution in [2.24, 2.45) is 5.73 Å². The molecule has 1 atom stereocenters. The van der Waals surface area contributed by atoms with Gasteiger partial charge in [0.25, 0.3) is 0 Å². The molecule has 2 N–H and O–H groups in total. The number of methoxy groups -OCH3 is 2. The van der Waals surface area contributed by atoms with Gasteiger partial charge in [-0.25, -0.2) is 8.42 Å². The van der Waals surface area contributed by atoms with E-state index in [1.807, 2.05) is 53.4 Å². The van der Waals surface area contributed by atoms with Crippen molar-refractivity contribution in [1.29, 1.82) is 0 Å². The number of rotatable bonds is 5. The van der Waals surface area contributed by atoms with Gasteiger partial charge < -0.3 is 20.1 Å². The smallest absolute Gasteiger partial charge is 0.207 e. The predicted molar refractivity (Wildman–Crippen MR) is 137 cm³/mol. The Kier molecular flexibility index (Phi) is 5.99. The summed E-state index contributed by atoms with van der Waals surface area (Å²) in [5, 5.41) is 0.349. The van der Waals surface area contributed by atoms with Gasteiger partial charge in [-0.05, 0) is 54.0 Å². The van der Waals surface area contributed by atoms with Crippen LogP contribution in [0, 0.1) is 0 Å². The highest BCUT2D eigenvalue weighted by Gasteiger charge is 2.39. The predicted octanol–water partition coefficient (Wildman–Crippen LogP) is 4.96. The van der Waals surface area contributed by atoms with Crippen LogP contribution in [0.15, 0.2) is 88.4 Å². The Morgan fingerprint density at radius 3 is 2.37 bits per heavy atom. The summed E-state index contributed by atoms with van der Waals surface area (Å²) in [4.78, 5) is 2.15. The molecule has 2 aliphatic heterocycles. The van der Waals surface area contributed by atoms with Crippen molar-refractivity contribution in [2.75, 3.05) is 20.8 Å². The molecule has 0 radical (unpaired) electrons. The molecule has 0 saturated carbocycles. The fourth-order valence-electron chi connectivity index (χ4n) is 4.79. The maximum atomic E-state index is 13.9. The number of allylic oxidation sites excluding steroid dienone is 2. The lowest BCUT2D eigenvalue weighted by atomic mass is 9.88. The molecule has 180 valence electrons. The molecule has 35 heavy (non-hydrogen) atoms. The Morgan fingerprint density at radius 1 is 0.971 bits per heavy atom. The van der Waals surface area contributed by atoms with Gasteiger partial charge in [0, 0.05) is 28.7 Å². The van der Waals surface area contributed by atoms with E-state index in [4.69, 9.17) is 26.8 Å². The zero-order valence-corrected chi connectivity index (χ0v) is 20.9. The van der Waals surface area contributed by atoms with E-state index in [1.54, 1.807) is 32.4 Å². The van der Waals surface area contributed by atoms with Gasteiger partial charge in [-0.1, -0.05) is 48.0 Å². The Balaban J connectivity index is 1.73. The van der Waals surface area contributed by atoms with Crippen LogP contribution in [0.3, 0.4) is 0 Å². The third-order valence-corrected chi connectivity index (χ3v) is 8.64. The summed E-state index contributed by atoms with van der Waals surface area (Å²) >= 11 is 6.14. The summed E-state index contributed by atoms with van der Waals surface area (Å²) in [6.45, 7) is 0.538. The van der Waals surface area contributed by atoms with Crippen LogP contribution < -0.4 is 15.2 Å². The molecule has 0 unspecified atom stereocenters. The molecule has 0 aliphatic carbocycles. The van der Waals surface area contributed by atoms with Crippen molar-refractivity contribution in [2.45, 2.75) is 17.2 Å². The van der Waals surface area contributed by atoms with Crippen LogP contribution in [-0.4, -0.2) is 34.1 Å². The summed E-state index contributed by atoms with van der Waals surface area (Å²) in [5.41, 5.74) is 10.4. The standard InChI is InChI=1S/C27H25ClN2O4S/c1-33-24-13-18-11-12-30-23(21(18)16-25(24)34-2)15-22(17-7-4-3-5-8-17)26(27(30)29)35(31,32)20-10-6-9-19(28)14-20/h3-10,13-16,22H,11-12,29H2,1-2H3/t22-/m0/s1. The second kappa shape index (κ2) is 8.98. The fourth-order valence-corrected chi connectivity index (χ4v) is 6.77. The first-order chi connectivity index (χ1) is 16.8. The van der Waals surface area contributed by atoms with Gasteiger partial charge >= 0.3 is 0 Å². The number of nitrogens with two attached hydrogens (primary N) is 1. The van der Waals surface area contributed by atoms with Crippen LogP contribution in [-0.2, 0) is 16.3 Å². The molecule has 2 heterocycles. The molecule has 6 nitrogen and oxygen atoms in total. The van der Waals surface area contributed by atoms with Crippen molar-refractivity contribution in [3.63, 3.8) is 0 Å². The Bertz CT molecular complexity index is 1470. The maximum absolute atomic E-state index is 13.9. The summed E-state index contributed by atoms with van der Waals surface area (Å²) in [7, 11) is -0.740. The van der Waals surface area contributed by atoms with Crippen molar-refractivity contribution in [1.82, 2.24) is 4.90 Å². The van der Waals surface area contributed by atoms with Crippen LogP contribution in [0.1, 0.15) is 22.6 Å². The number of halogens is 1. The molecule has 0 spiro atoms. The normalized spacial score (nSPS) is 17.4. The van der Waals surface area contributed by atoms with E-state index in [0.29, 0.717) is 29.5 Å². The first-order valence-corrected chi connectivity index (χ1v) is 13.0. The number of ether oxygens (including phenoxy) is 2. The van der Waals surface area contributed by atoms with Crippen molar-refractivity contribution >= 4 is 27.1 Å². The summed E-state index contributed by atoms with van der Waals surface area (Å²) in [6.07, 6.45) is 2.65. The van der Waals surface area contributed by atoms with Crippen molar-refractivity contribution < 1.29 is 17.9 Å². The van der Waals surface area contributed by atoms with Gasteiger partial charge in [-0.3, -0.25) is 0 Å². The van der Waals surface area contributed by atoms with E-state index >= 15 is 0 Å². The van der Waals surface area contributed by atoms with Gasteiger partial charge in [0.1, 0.15) is 10.7 Å². The molecular weight excluding hydrogens is 484 g/mol. The number of benzene rings is 3. The minimum atomic E-state index is -3.94. The Labute approximate surface area is 210 Å². The van der Waals surface area contributed by atoms with Gasteiger partial charge in [0.05, 0.1) is 19.1 Å². The second-order valence-electron chi connectivity index (χ2n) is 8.42. The molecular formula is C27H25ClN2O4S. The minimum Gasteiger partial charge on any atom is -0.493 e. The van der Waals surface area contributed by atoms with E-state index in [-0.39, 0.29) is 15.6 Å². The molecule has 3 aromatic rings. The van der Waals surface area contributed by atoms with Crippen LogP contribution in [0.4, 0.5) is 0 Å². The number of fused-ring (bicyclic) bond motifs is 3. The molecule has 0 fully saturated rings. The third-order valence-electron chi connectivity index (χ3n) is 6.49. The molecule has 0 aromatic heterocycles. The lowest BCUT2D eigenvalue weighted by molar-refractivity contribution is 0.353. The molecule has 0 saturated heterocycles. The summed E-state index contributed by atoms with van der Waals surface area (Å²) in [5.74, 6) is 0.899. The van der Waals surface area contributed by atoms with E-state index in [0.717, 1.165) is 22.4 Å². The molecule has 2 aliphatic rings. The lowest BCUT2D eigenvalue weighted by Gasteiger charge is -2.39. The van der Waals surface area contributed by atoms with E-state index in [2.05, 4.69) is 0 Å². The monoisotopic (exact) mass is 508 g/mol. The minimum absolute atomic E-state index is 0.115. The molecule has 8 heteroatoms. The fraction of sp³-hybridized carbons (Fsp3) is 0.185. The summed E-state index contributed by atoms with van der Waals surface area (Å²) < 4.78 is 38.9. The lowest BCUT2D eigenvalue weighted by Crippen LogP contribution is -2.38. The van der Waals surface area contributed by atoms with Crippen LogP contribution in [0.25, 0.3) is 5.70 Å². The number of sulfone groups is 1. The van der Waals surface area contributed by atoms with E-state index < -0.39 is 15.8 Å². The molecule has 3 aromatic carbocycles. The molecule has 0 bridgehead atoms. The topological polar surface area (TPSA) is 81.9 Å². The van der Waals surface area contributed by atoms with Crippen LogP contribution in [0.2, 0.25) is 5.02 Å². The number of hydrogen-bond donors (Lipinski definition) is 1. The van der Waals surface area contributed by atoms with Gasteiger partial charge in [0.2, 0.25) is 9.84 Å². The number of hydrogen-bond acceptors (Lipinski definition) is 6. The highest BCUT2D eigenvalue weighted by atomic mass is 35.5. The number of nitrogens with zero attached hydrogens (tertiary/aromatic N) is 1. The molecule has 0 amide bonds. The van der Waals surface area contributed by atoms with Crippen LogP contribution >= 0.6 is 11.6 Å². The van der Waals surface area contributed by atoms with Gasteiger partial charge in [-0.2, -0.15) is 0 Å². The average Bonchev–Trinajstić information content (AvgIpc) is 2.87. The van der Waals surface area contributed by atoms with Crippen LogP contribution in [0.5, 0.6) is 11.5 Å².